The van der Waals surface area contributed by atoms with Crippen molar-refractivity contribution in [2.24, 2.45) is 5.73 Å². The Labute approximate surface area is 117 Å². The van der Waals surface area contributed by atoms with E-state index in [-0.39, 0.29) is 5.15 Å². The summed E-state index contributed by atoms with van der Waals surface area (Å²) >= 11 is 5.67. The largest absolute Gasteiger partial charge is 0.394 e. The van der Waals surface area contributed by atoms with Crippen molar-refractivity contribution in [3.05, 3.63) is 27.4 Å². The standard InChI is InChI=1S/C10H12ClN3O6/c11-4-1-14(9(19)5(13-4)8(12)18)10-7(17)6(16)3(2-15)20-10/h1,3,6-7,10,15-17H,2H2,(H2,12,18)/t3-,6+,7-,10-/m1/s1. The lowest BCUT2D eigenvalue weighted by molar-refractivity contribution is -0.0545. The van der Waals surface area contributed by atoms with Gasteiger partial charge in [0.05, 0.1) is 6.61 Å². The van der Waals surface area contributed by atoms with E-state index in [0.29, 0.717) is 0 Å². The minimum Gasteiger partial charge on any atom is -0.394 e. The zero-order valence-corrected chi connectivity index (χ0v) is 10.8. The van der Waals surface area contributed by atoms with Crippen molar-refractivity contribution in [2.45, 2.75) is 24.5 Å². The minimum atomic E-state index is -1.48. The Balaban J connectivity index is 2.49. The molecule has 0 saturated carbocycles. The molecule has 4 atom stereocenters. The van der Waals surface area contributed by atoms with E-state index in [0.717, 1.165) is 10.8 Å². The number of aliphatic hydroxyl groups is 3. The molecular formula is C10H12ClN3O6. The van der Waals surface area contributed by atoms with Crippen molar-refractivity contribution in [2.75, 3.05) is 6.61 Å². The number of halogens is 1. The number of nitrogens with zero attached hydrogens (tertiary/aromatic N) is 2. The van der Waals surface area contributed by atoms with Gasteiger partial charge in [0.1, 0.15) is 23.5 Å². The van der Waals surface area contributed by atoms with Gasteiger partial charge < -0.3 is 25.8 Å². The van der Waals surface area contributed by atoms with Gasteiger partial charge >= 0.3 is 0 Å². The Hall–Kier alpha value is -1.52. The fraction of sp³-hybridized carbons (Fsp3) is 0.500. The topological polar surface area (TPSA) is 148 Å². The molecule has 1 aliphatic heterocycles. The summed E-state index contributed by atoms with van der Waals surface area (Å²) in [5.41, 5.74) is 3.47. The minimum absolute atomic E-state index is 0.212. The molecule has 1 aromatic heterocycles. The van der Waals surface area contributed by atoms with Gasteiger partial charge in [-0.15, -0.1) is 0 Å². The molecule has 10 heteroatoms. The van der Waals surface area contributed by atoms with E-state index in [4.69, 9.17) is 27.2 Å². The third-order valence-corrected chi connectivity index (χ3v) is 3.11. The number of primary amides is 1. The molecule has 1 saturated heterocycles. The highest BCUT2D eigenvalue weighted by Crippen LogP contribution is 2.28. The average Bonchev–Trinajstić information content (AvgIpc) is 2.68. The number of aromatic nitrogens is 2. The van der Waals surface area contributed by atoms with E-state index < -0.39 is 48.3 Å². The number of carbonyl (C=O) groups excluding carboxylic acids is 1. The van der Waals surface area contributed by atoms with Crippen LogP contribution in [0.3, 0.4) is 0 Å². The SMILES string of the molecule is NC(=O)c1nc(Cl)cn([C@@H]2O[C@H](CO)[C@H](O)[C@H]2O)c1=O. The summed E-state index contributed by atoms with van der Waals surface area (Å²) in [6.07, 6.45) is -4.21. The number of aliphatic hydroxyl groups excluding tert-OH is 3. The van der Waals surface area contributed by atoms with E-state index in [2.05, 4.69) is 4.98 Å². The van der Waals surface area contributed by atoms with Crippen molar-refractivity contribution in [1.29, 1.82) is 0 Å². The molecule has 0 bridgehead atoms. The van der Waals surface area contributed by atoms with Gasteiger partial charge in [0.25, 0.3) is 11.5 Å². The maximum Gasteiger partial charge on any atom is 0.284 e. The smallest absolute Gasteiger partial charge is 0.284 e. The summed E-state index contributed by atoms with van der Waals surface area (Å²) in [5.74, 6) is -1.09. The van der Waals surface area contributed by atoms with Crippen molar-refractivity contribution in [1.82, 2.24) is 9.55 Å². The van der Waals surface area contributed by atoms with E-state index in [1.54, 1.807) is 0 Å². The van der Waals surface area contributed by atoms with Crippen LogP contribution in [0.2, 0.25) is 5.15 Å². The number of nitrogens with two attached hydrogens (primary N) is 1. The van der Waals surface area contributed by atoms with Gasteiger partial charge in [-0.2, -0.15) is 0 Å². The highest BCUT2D eigenvalue weighted by atomic mass is 35.5. The molecule has 1 aromatic rings. The van der Waals surface area contributed by atoms with Crippen LogP contribution in [0.15, 0.2) is 11.0 Å². The first kappa shape index (κ1) is 14.9. The summed E-state index contributed by atoms with van der Waals surface area (Å²) in [6, 6.07) is 0. The van der Waals surface area contributed by atoms with Gasteiger partial charge in [-0.1, -0.05) is 11.6 Å². The molecule has 110 valence electrons. The zero-order chi connectivity index (χ0) is 15.0. The lowest BCUT2D eigenvalue weighted by atomic mass is 10.1. The second kappa shape index (κ2) is 5.46. The molecule has 1 amide bonds. The molecule has 0 aromatic carbocycles. The lowest BCUT2D eigenvalue weighted by Crippen LogP contribution is -2.38. The maximum absolute atomic E-state index is 12.0. The van der Waals surface area contributed by atoms with E-state index in [1.807, 2.05) is 0 Å². The van der Waals surface area contributed by atoms with Crippen molar-refractivity contribution >= 4 is 17.5 Å². The van der Waals surface area contributed by atoms with Crippen molar-refractivity contribution in [3.63, 3.8) is 0 Å². The monoisotopic (exact) mass is 305 g/mol. The lowest BCUT2D eigenvalue weighted by Gasteiger charge is -2.18. The van der Waals surface area contributed by atoms with Gasteiger partial charge in [0, 0.05) is 6.20 Å². The zero-order valence-electron chi connectivity index (χ0n) is 10.0. The molecule has 2 rings (SSSR count). The van der Waals surface area contributed by atoms with Gasteiger partial charge in [-0.25, -0.2) is 4.98 Å². The highest BCUT2D eigenvalue weighted by molar-refractivity contribution is 6.29. The van der Waals surface area contributed by atoms with Crippen LogP contribution in [0.1, 0.15) is 16.7 Å². The van der Waals surface area contributed by atoms with Crippen LogP contribution in [0, 0.1) is 0 Å². The number of hydrogen-bond acceptors (Lipinski definition) is 7. The van der Waals surface area contributed by atoms with Gasteiger partial charge in [0.15, 0.2) is 11.9 Å². The molecule has 1 aliphatic rings. The average molecular weight is 306 g/mol. The number of hydrogen-bond donors (Lipinski definition) is 4. The summed E-state index contributed by atoms with van der Waals surface area (Å²) in [7, 11) is 0. The molecule has 0 aliphatic carbocycles. The van der Waals surface area contributed by atoms with Gasteiger partial charge in [-0.05, 0) is 0 Å². The Morgan fingerprint density at radius 2 is 2.15 bits per heavy atom. The Morgan fingerprint density at radius 3 is 2.65 bits per heavy atom. The molecule has 0 unspecified atom stereocenters. The Bertz CT molecular complexity index is 591. The number of ether oxygens (including phenoxy) is 1. The van der Waals surface area contributed by atoms with Crippen molar-refractivity contribution < 1.29 is 24.9 Å². The number of carbonyl (C=O) groups is 1. The van der Waals surface area contributed by atoms with Gasteiger partial charge in [0.2, 0.25) is 0 Å². The summed E-state index contributed by atoms with van der Waals surface area (Å²) in [6.45, 7) is -0.551. The second-order valence-electron chi connectivity index (χ2n) is 4.22. The summed E-state index contributed by atoms with van der Waals surface area (Å²) < 4.78 is 5.97. The summed E-state index contributed by atoms with van der Waals surface area (Å²) in [5, 5.41) is 28.2. The normalized spacial score (nSPS) is 29.6. The predicted molar refractivity (Wildman–Crippen MR) is 65.0 cm³/mol. The molecule has 9 nitrogen and oxygen atoms in total. The molecule has 1 fully saturated rings. The fourth-order valence-electron chi connectivity index (χ4n) is 1.94. The van der Waals surface area contributed by atoms with Crippen LogP contribution >= 0.6 is 11.6 Å². The molecule has 0 radical (unpaired) electrons. The molecule has 2 heterocycles. The molecule has 20 heavy (non-hydrogen) atoms. The fourth-order valence-corrected chi connectivity index (χ4v) is 2.13. The van der Waals surface area contributed by atoms with Crippen LogP contribution in [-0.4, -0.2) is 55.7 Å². The van der Waals surface area contributed by atoms with E-state index in [1.165, 1.54) is 0 Å². The summed E-state index contributed by atoms with van der Waals surface area (Å²) in [4.78, 5) is 26.6. The van der Waals surface area contributed by atoms with Crippen LogP contribution < -0.4 is 11.3 Å². The Morgan fingerprint density at radius 1 is 1.50 bits per heavy atom. The first-order valence-electron chi connectivity index (χ1n) is 5.57. The Kier molecular flexibility index (Phi) is 4.06. The van der Waals surface area contributed by atoms with Crippen LogP contribution in [0.4, 0.5) is 0 Å². The van der Waals surface area contributed by atoms with E-state index >= 15 is 0 Å². The second-order valence-corrected chi connectivity index (χ2v) is 4.61. The highest BCUT2D eigenvalue weighted by Gasteiger charge is 2.44. The van der Waals surface area contributed by atoms with Gasteiger partial charge in [-0.3, -0.25) is 14.2 Å². The van der Waals surface area contributed by atoms with E-state index in [9.17, 15) is 19.8 Å². The third-order valence-electron chi connectivity index (χ3n) is 2.93. The quantitative estimate of drug-likeness (QED) is 0.487. The molecule has 0 spiro atoms. The van der Waals surface area contributed by atoms with Crippen LogP contribution in [0.5, 0.6) is 0 Å². The molecule has 5 N–H and O–H groups in total. The molecular weight excluding hydrogens is 294 g/mol. The van der Waals surface area contributed by atoms with Crippen LogP contribution in [0.25, 0.3) is 0 Å². The number of rotatable bonds is 3. The van der Waals surface area contributed by atoms with Crippen molar-refractivity contribution in [3.8, 4) is 0 Å². The first-order valence-corrected chi connectivity index (χ1v) is 5.95. The third kappa shape index (κ3) is 2.41. The van der Waals surface area contributed by atoms with Crippen LogP contribution in [-0.2, 0) is 4.74 Å². The maximum atomic E-state index is 12.0. The predicted octanol–water partition coefficient (Wildman–Crippen LogP) is -2.39. The first-order chi connectivity index (χ1) is 9.36. The number of amides is 1.